The van der Waals surface area contributed by atoms with Gasteiger partial charge in [0.25, 0.3) is 0 Å². The van der Waals surface area contributed by atoms with Crippen LogP contribution in [0.4, 0.5) is 0 Å². The number of amides is 3. The molecule has 1 saturated heterocycles. The number of hydrogen-bond acceptors (Lipinski definition) is 7. The molecule has 11 heteroatoms. The maximum Gasteiger partial charge on any atom is 0.326 e. The van der Waals surface area contributed by atoms with Crippen LogP contribution in [0.3, 0.4) is 0 Å². The molecule has 1 aliphatic rings. The number of aromatic hydroxyl groups is 2. The summed E-state index contributed by atoms with van der Waals surface area (Å²) >= 11 is 0. The number of nitrogens with one attached hydrogen (secondary N) is 2. The zero-order chi connectivity index (χ0) is 28.7. The Morgan fingerprint density at radius 2 is 1.46 bits per heavy atom. The molecule has 3 rings (SSSR count). The van der Waals surface area contributed by atoms with Crippen LogP contribution in [0, 0.1) is 5.92 Å². The molecule has 39 heavy (non-hydrogen) atoms. The highest BCUT2D eigenvalue weighted by Gasteiger charge is 2.39. The third-order valence-electron chi connectivity index (χ3n) is 6.79. The van der Waals surface area contributed by atoms with Crippen LogP contribution in [-0.4, -0.2) is 74.6 Å². The minimum atomic E-state index is -1.16. The Morgan fingerprint density at radius 1 is 0.923 bits per heavy atom. The summed E-state index contributed by atoms with van der Waals surface area (Å²) in [6, 6.07) is 8.48. The van der Waals surface area contributed by atoms with Crippen molar-refractivity contribution >= 4 is 23.7 Å². The van der Waals surface area contributed by atoms with Crippen LogP contribution in [0.5, 0.6) is 11.5 Å². The lowest BCUT2D eigenvalue weighted by molar-refractivity contribution is -0.145. The number of nitrogens with zero attached hydrogens (tertiary/aromatic N) is 1. The number of carbonyl (C=O) groups excluding carboxylic acids is 3. The first kappa shape index (κ1) is 29.4. The van der Waals surface area contributed by atoms with Crippen molar-refractivity contribution in [2.45, 2.75) is 63.7 Å². The van der Waals surface area contributed by atoms with E-state index in [4.69, 9.17) is 5.73 Å². The van der Waals surface area contributed by atoms with Gasteiger partial charge >= 0.3 is 5.97 Å². The Bertz CT molecular complexity index is 1170. The van der Waals surface area contributed by atoms with Crippen molar-refractivity contribution in [2.24, 2.45) is 11.7 Å². The van der Waals surface area contributed by atoms with E-state index in [2.05, 4.69) is 10.6 Å². The molecule has 2 aromatic carbocycles. The van der Waals surface area contributed by atoms with Gasteiger partial charge in [-0.25, -0.2) is 4.79 Å². The molecule has 0 saturated carbocycles. The summed E-state index contributed by atoms with van der Waals surface area (Å²) < 4.78 is 0. The molecule has 0 spiro atoms. The third-order valence-corrected chi connectivity index (χ3v) is 6.79. The van der Waals surface area contributed by atoms with Crippen molar-refractivity contribution in [2.75, 3.05) is 6.54 Å². The number of likely N-dealkylation sites (tertiary alicyclic amines) is 1. The van der Waals surface area contributed by atoms with Crippen LogP contribution >= 0.6 is 0 Å². The van der Waals surface area contributed by atoms with E-state index in [0.29, 0.717) is 18.4 Å². The number of nitrogens with two attached hydrogens (primary N) is 1. The molecule has 1 aliphatic heterocycles. The first-order valence-electron chi connectivity index (χ1n) is 12.9. The van der Waals surface area contributed by atoms with Gasteiger partial charge in [0.2, 0.25) is 17.7 Å². The Labute approximate surface area is 227 Å². The number of aliphatic carboxylic acids is 1. The highest BCUT2D eigenvalue weighted by Crippen LogP contribution is 2.21. The average molecular weight is 541 g/mol. The zero-order valence-electron chi connectivity index (χ0n) is 22.0. The predicted octanol–water partition coefficient (Wildman–Crippen LogP) is 0.912. The molecule has 1 fully saturated rings. The molecule has 2 aromatic rings. The summed E-state index contributed by atoms with van der Waals surface area (Å²) in [5, 5.41) is 33.9. The Morgan fingerprint density at radius 3 is 1.97 bits per heavy atom. The number of rotatable bonds is 11. The van der Waals surface area contributed by atoms with Crippen molar-refractivity contribution in [1.29, 1.82) is 0 Å². The van der Waals surface area contributed by atoms with Crippen LogP contribution in [0.2, 0.25) is 0 Å². The molecule has 7 N–H and O–H groups in total. The van der Waals surface area contributed by atoms with Crippen molar-refractivity contribution < 1.29 is 34.5 Å². The second kappa shape index (κ2) is 13.1. The van der Waals surface area contributed by atoms with Crippen LogP contribution in [0.15, 0.2) is 48.5 Å². The summed E-state index contributed by atoms with van der Waals surface area (Å²) in [5.74, 6) is -2.98. The van der Waals surface area contributed by atoms with Crippen LogP contribution < -0.4 is 16.4 Å². The maximum atomic E-state index is 13.7. The molecule has 0 aromatic heterocycles. The van der Waals surface area contributed by atoms with E-state index >= 15 is 0 Å². The van der Waals surface area contributed by atoms with Gasteiger partial charge in [0, 0.05) is 13.0 Å². The summed E-state index contributed by atoms with van der Waals surface area (Å²) in [4.78, 5) is 52.8. The summed E-state index contributed by atoms with van der Waals surface area (Å²) in [6.07, 6.45) is 1.17. The van der Waals surface area contributed by atoms with Crippen LogP contribution in [0.1, 0.15) is 37.8 Å². The lowest BCUT2D eigenvalue weighted by atomic mass is 10.0. The molecule has 210 valence electrons. The number of carboxylic acids is 1. The zero-order valence-corrected chi connectivity index (χ0v) is 22.0. The number of phenolic OH excluding ortho intramolecular Hbond substituents is 2. The van der Waals surface area contributed by atoms with Crippen molar-refractivity contribution in [3.8, 4) is 11.5 Å². The molecule has 0 radical (unpaired) electrons. The van der Waals surface area contributed by atoms with Crippen molar-refractivity contribution in [3.63, 3.8) is 0 Å². The lowest BCUT2D eigenvalue weighted by Crippen LogP contribution is -2.58. The first-order valence-corrected chi connectivity index (χ1v) is 12.9. The van der Waals surface area contributed by atoms with Crippen LogP contribution in [-0.2, 0) is 32.0 Å². The number of phenols is 2. The van der Waals surface area contributed by atoms with Gasteiger partial charge in [-0.05, 0) is 60.6 Å². The second-order valence-electron chi connectivity index (χ2n) is 10.2. The summed E-state index contributed by atoms with van der Waals surface area (Å²) in [6.45, 7) is 3.64. The van der Waals surface area contributed by atoms with E-state index in [0.717, 1.165) is 5.56 Å². The van der Waals surface area contributed by atoms with Crippen molar-refractivity contribution in [1.82, 2.24) is 15.5 Å². The minimum absolute atomic E-state index is 0.0518. The van der Waals surface area contributed by atoms with Gasteiger partial charge in [-0.2, -0.15) is 0 Å². The molecular formula is C28H36N4O7. The first-order chi connectivity index (χ1) is 18.5. The van der Waals surface area contributed by atoms with E-state index in [-0.39, 0.29) is 36.8 Å². The smallest absolute Gasteiger partial charge is 0.326 e. The van der Waals surface area contributed by atoms with Gasteiger partial charge in [0.05, 0.1) is 6.04 Å². The Balaban J connectivity index is 1.78. The van der Waals surface area contributed by atoms with Gasteiger partial charge in [-0.15, -0.1) is 0 Å². The second-order valence-corrected chi connectivity index (χ2v) is 10.2. The van der Waals surface area contributed by atoms with E-state index in [1.807, 2.05) is 0 Å². The maximum absolute atomic E-state index is 13.7. The number of benzene rings is 2. The van der Waals surface area contributed by atoms with E-state index < -0.39 is 47.9 Å². The van der Waals surface area contributed by atoms with Gasteiger partial charge < -0.3 is 36.6 Å². The quantitative estimate of drug-likeness (QED) is 0.243. The normalized spacial score (nSPS) is 17.3. The monoisotopic (exact) mass is 540 g/mol. The molecule has 0 aliphatic carbocycles. The summed E-state index contributed by atoms with van der Waals surface area (Å²) in [5.41, 5.74) is 7.54. The van der Waals surface area contributed by atoms with Gasteiger partial charge in [-0.1, -0.05) is 38.1 Å². The van der Waals surface area contributed by atoms with Crippen LogP contribution in [0.25, 0.3) is 0 Å². The molecule has 4 atom stereocenters. The molecule has 4 unspecified atom stereocenters. The van der Waals surface area contributed by atoms with E-state index in [1.54, 1.807) is 38.1 Å². The molecule has 0 bridgehead atoms. The fourth-order valence-electron chi connectivity index (χ4n) is 4.59. The molecular weight excluding hydrogens is 504 g/mol. The molecule has 3 amide bonds. The van der Waals surface area contributed by atoms with Gasteiger partial charge in [0.1, 0.15) is 29.6 Å². The van der Waals surface area contributed by atoms with Gasteiger partial charge in [0.15, 0.2) is 0 Å². The number of carbonyl (C=O) groups is 4. The SMILES string of the molecule is CC(C)C(NC(=O)C1CCCN1C(=O)C(Cc1ccc(O)cc1)NC(=O)C(N)Cc1ccc(O)cc1)C(=O)O. The number of hydrogen-bond donors (Lipinski definition) is 6. The largest absolute Gasteiger partial charge is 0.508 e. The highest BCUT2D eigenvalue weighted by atomic mass is 16.4. The minimum Gasteiger partial charge on any atom is -0.508 e. The summed E-state index contributed by atoms with van der Waals surface area (Å²) in [7, 11) is 0. The fraction of sp³-hybridized carbons (Fsp3) is 0.429. The van der Waals surface area contributed by atoms with E-state index in [1.165, 1.54) is 29.2 Å². The van der Waals surface area contributed by atoms with E-state index in [9.17, 15) is 34.5 Å². The Hall–Kier alpha value is -4.12. The predicted molar refractivity (Wildman–Crippen MR) is 143 cm³/mol. The topological polar surface area (TPSA) is 182 Å². The molecule has 1 heterocycles. The molecule has 11 nitrogen and oxygen atoms in total. The Kier molecular flexibility index (Phi) is 9.89. The van der Waals surface area contributed by atoms with Gasteiger partial charge in [-0.3, -0.25) is 14.4 Å². The van der Waals surface area contributed by atoms with Crippen molar-refractivity contribution in [3.05, 3.63) is 59.7 Å². The lowest BCUT2D eigenvalue weighted by Gasteiger charge is -2.30. The number of carboxylic acid groups (broad SMARTS) is 1. The highest BCUT2D eigenvalue weighted by molar-refractivity contribution is 5.94. The third kappa shape index (κ3) is 7.93. The average Bonchev–Trinajstić information content (AvgIpc) is 3.38. The fourth-order valence-corrected chi connectivity index (χ4v) is 4.59. The standard InChI is InChI=1S/C28H36N4O7/c1-16(2)24(28(38)39)31-26(36)23-4-3-13-32(23)27(37)22(15-18-7-11-20(34)12-8-18)30-25(35)21(29)14-17-5-9-19(33)10-6-17/h5-12,16,21-24,33-34H,3-4,13-15,29H2,1-2H3,(H,30,35)(H,31,36)(H,38,39).